The van der Waals surface area contributed by atoms with E-state index in [4.69, 9.17) is 0 Å². The number of benzene rings is 1. The Morgan fingerprint density at radius 1 is 1.15 bits per heavy atom. The first-order valence-electron chi connectivity index (χ1n) is 9.26. The quantitative estimate of drug-likeness (QED) is 0.845. The molecule has 1 N–H and O–H groups in total. The number of likely N-dealkylation sites (tertiary alicyclic amines) is 1. The summed E-state index contributed by atoms with van der Waals surface area (Å²) < 4.78 is 0. The van der Waals surface area contributed by atoms with Crippen LogP contribution in [0.2, 0.25) is 0 Å². The van der Waals surface area contributed by atoms with Gasteiger partial charge in [0.1, 0.15) is 0 Å². The second-order valence-electron chi connectivity index (χ2n) is 6.89. The molecule has 2 heterocycles. The number of hydrogen-bond acceptors (Lipinski definition) is 3. The largest absolute Gasteiger partial charge is 0.351 e. The van der Waals surface area contributed by atoms with Crippen molar-refractivity contribution in [2.45, 2.75) is 39.2 Å². The SMILES string of the molecule is Cc1ccsc1CNC(=O)C1CCN(C(=O)CCc2ccccc2)CC1. The number of carbonyl (C=O) groups is 2. The van der Waals surface area contributed by atoms with Gasteiger partial charge in [-0.3, -0.25) is 9.59 Å². The van der Waals surface area contributed by atoms with Crippen LogP contribution >= 0.6 is 11.3 Å². The number of carbonyl (C=O) groups excluding carboxylic acids is 2. The Morgan fingerprint density at radius 3 is 2.54 bits per heavy atom. The molecule has 1 aliphatic heterocycles. The molecule has 2 aromatic rings. The van der Waals surface area contributed by atoms with Crippen molar-refractivity contribution in [1.29, 1.82) is 0 Å². The highest BCUT2D eigenvalue weighted by atomic mass is 32.1. The van der Waals surface area contributed by atoms with Gasteiger partial charge in [-0.05, 0) is 48.8 Å². The average Bonchev–Trinajstić information content (AvgIpc) is 3.10. The van der Waals surface area contributed by atoms with Gasteiger partial charge in [0.2, 0.25) is 11.8 Å². The monoisotopic (exact) mass is 370 g/mol. The number of nitrogens with one attached hydrogen (secondary N) is 1. The van der Waals surface area contributed by atoms with E-state index in [1.807, 2.05) is 23.1 Å². The molecule has 0 spiro atoms. The molecule has 1 saturated heterocycles. The van der Waals surface area contributed by atoms with E-state index in [9.17, 15) is 9.59 Å². The maximum absolute atomic E-state index is 12.4. The zero-order chi connectivity index (χ0) is 18.4. The van der Waals surface area contributed by atoms with Crippen molar-refractivity contribution < 1.29 is 9.59 Å². The van der Waals surface area contributed by atoms with Crippen LogP contribution in [0.25, 0.3) is 0 Å². The fraction of sp³-hybridized carbons (Fsp3) is 0.429. The zero-order valence-corrected chi connectivity index (χ0v) is 16.1. The van der Waals surface area contributed by atoms with Crippen molar-refractivity contribution >= 4 is 23.2 Å². The van der Waals surface area contributed by atoms with Crippen LogP contribution in [0.5, 0.6) is 0 Å². The highest BCUT2D eigenvalue weighted by Crippen LogP contribution is 2.20. The Bertz CT molecular complexity index is 733. The van der Waals surface area contributed by atoms with Crippen LogP contribution in [0.15, 0.2) is 41.8 Å². The summed E-state index contributed by atoms with van der Waals surface area (Å²) in [6.07, 6.45) is 2.83. The first-order valence-corrected chi connectivity index (χ1v) is 10.1. The minimum absolute atomic E-state index is 0.0217. The molecular weight excluding hydrogens is 344 g/mol. The van der Waals surface area contributed by atoms with Crippen LogP contribution in [-0.2, 0) is 22.6 Å². The van der Waals surface area contributed by atoms with Gasteiger partial charge in [0, 0.05) is 30.3 Å². The fourth-order valence-corrected chi connectivity index (χ4v) is 4.19. The maximum atomic E-state index is 12.4. The standard InChI is InChI=1S/C21H26N2O2S/c1-16-11-14-26-19(16)15-22-21(25)18-9-12-23(13-10-18)20(24)8-7-17-5-3-2-4-6-17/h2-6,11,14,18H,7-10,12-13,15H2,1H3,(H,22,25). The molecule has 1 aromatic heterocycles. The highest BCUT2D eigenvalue weighted by molar-refractivity contribution is 7.10. The van der Waals surface area contributed by atoms with Gasteiger partial charge in [-0.1, -0.05) is 30.3 Å². The van der Waals surface area contributed by atoms with Crippen LogP contribution in [0, 0.1) is 12.8 Å². The van der Waals surface area contributed by atoms with Crippen LogP contribution in [0.1, 0.15) is 35.3 Å². The number of nitrogens with zero attached hydrogens (tertiary/aromatic N) is 1. The van der Waals surface area contributed by atoms with Crippen LogP contribution in [-0.4, -0.2) is 29.8 Å². The third-order valence-electron chi connectivity index (χ3n) is 5.08. The summed E-state index contributed by atoms with van der Waals surface area (Å²) in [5.41, 5.74) is 2.42. The zero-order valence-electron chi connectivity index (χ0n) is 15.2. The Hall–Kier alpha value is -2.14. The van der Waals surface area contributed by atoms with Crippen molar-refractivity contribution in [1.82, 2.24) is 10.2 Å². The lowest BCUT2D eigenvalue weighted by molar-refractivity contribution is -0.135. The van der Waals surface area contributed by atoms with Crippen molar-refractivity contribution in [2.24, 2.45) is 5.92 Å². The van der Waals surface area contributed by atoms with E-state index in [2.05, 4.69) is 35.8 Å². The Kier molecular flexibility index (Phi) is 6.45. The molecule has 1 fully saturated rings. The van der Waals surface area contributed by atoms with Crippen LogP contribution < -0.4 is 5.32 Å². The van der Waals surface area contributed by atoms with E-state index in [0.29, 0.717) is 26.1 Å². The second-order valence-corrected chi connectivity index (χ2v) is 7.89. The van der Waals surface area contributed by atoms with E-state index >= 15 is 0 Å². The summed E-state index contributed by atoms with van der Waals surface area (Å²) >= 11 is 1.68. The molecule has 5 heteroatoms. The van der Waals surface area contributed by atoms with Crippen molar-refractivity contribution in [3.63, 3.8) is 0 Å². The summed E-state index contributed by atoms with van der Waals surface area (Å²) in [5.74, 6) is 0.338. The third kappa shape index (κ3) is 4.94. The van der Waals surface area contributed by atoms with Gasteiger partial charge in [0.25, 0.3) is 0 Å². The number of piperidine rings is 1. The van der Waals surface area contributed by atoms with Gasteiger partial charge < -0.3 is 10.2 Å². The minimum Gasteiger partial charge on any atom is -0.351 e. The highest BCUT2D eigenvalue weighted by Gasteiger charge is 2.27. The molecule has 0 saturated carbocycles. The molecular formula is C21H26N2O2S. The number of amides is 2. The van der Waals surface area contributed by atoms with Crippen molar-refractivity contribution in [3.8, 4) is 0 Å². The first kappa shape index (κ1) is 18.6. The number of rotatable bonds is 6. The Balaban J connectivity index is 1.39. The first-order chi connectivity index (χ1) is 12.6. The smallest absolute Gasteiger partial charge is 0.223 e. The summed E-state index contributed by atoms with van der Waals surface area (Å²) in [4.78, 5) is 27.9. The van der Waals surface area contributed by atoms with Gasteiger partial charge in [-0.2, -0.15) is 0 Å². The number of hydrogen-bond donors (Lipinski definition) is 1. The molecule has 4 nitrogen and oxygen atoms in total. The lowest BCUT2D eigenvalue weighted by Crippen LogP contribution is -2.43. The summed E-state index contributed by atoms with van der Waals surface area (Å²) in [6.45, 7) is 4.05. The van der Waals surface area contributed by atoms with Crippen LogP contribution in [0.4, 0.5) is 0 Å². The third-order valence-corrected chi connectivity index (χ3v) is 6.10. The topological polar surface area (TPSA) is 49.4 Å². The van der Waals surface area contributed by atoms with E-state index in [0.717, 1.165) is 19.3 Å². The molecule has 3 rings (SSSR count). The predicted octanol–water partition coefficient (Wildman–Crippen LogP) is 3.54. The number of thiophene rings is 1. The van der Waals surface area contributed by atoms with E-state index in [-0.39, 0.29) is 17.7 Å². The molecule has 1 aliphatic rings. The van der Waals surface area contributed by atoms with Crippen LogP contribution in [0.3, 0.4) is 0 Å². The molecule has 0 radical (unpaired) electrons. The normalized spacial score (nSPS) is 15.0. The van der Waals surface area contributed by atoms with E-state index < -0.39 is 0 Å². The molecule has 26 heavy (non-hydrogen) atoms. The molecule has 1 aromatic carbocycles. The lowest BCUT2D eigenvalue weighted by Gasteiger charge is -2.31. The fourth-order valence-electron chi connectivity index (χ4n) is 3.34. The summed E-state index contributed by atoms with van der Waals surface area (Å²) in [5, 5.41) is 5.11. The molecule has 0 aliphatic carbocycles. The van der Waals surface area contributed by atoms with Gasteiger partial charge in [-0.15, -0.1) is 11.3 Å². The van der Waals surface area contributed by atoms with Gasteiger partial charge in [0.05, 0.1) is 6.54 Å². The van der Waals surface area contributed by atoms with Gasteiger partial charge >= 0.3 is 0 Å². The van der Waals surface area contributed by atoms with Crippen molar-refractivity contribution in [3.05, 3.63) is 57.8 Å². The molecule has 2 amide bonds. The van der Waals surface area contributed by atoms with Gasteiger partial charge in [-0.25, -0.2) is 0 Å². The van der Waals surface area contributed by atoms with Crippen molar-refractivity contribution in [2.75, 3.05) is 13.1 Å². The maximum Gasteiger partial charge on any atom is 0.223 e. The lowest BCUT2D eigenvalue weighted by atomic mass is 9.95. The van der Waals surface area contributed by atoms with Gasteiger partial charge in [0.15, 0.2) is 0 Å². The Morgan fingerprint density at radius 2 is 1.88 bits per heavy atom. The van der Waals surface area contributed by atoms with E-state index in [1.165, 1.54) is 16.0 Å². The molecule has 138 valence electrons. The Labute approximate surface area is 159 Å². The molecule has 0 unspecified atom stereocenters. The predicted molar refractivity (Wildman–Crippen MR) is 105 cm³/mol. The number of aryl methyl sites for hydroxylation is 2. The van der Waals surface area contributed by atoms with E-state index in [1.54, 1.807) is 11.3 Å². The summed E-state index contributed by atoms with van der Waals surface area (Å²) in [6, 6.07) is 12.2. The average molecular weight is 371 g/mol. The second kappa shape index (κ2) is 8.99. The molecule has 0 atom stereocenters. The summed E-state index contributed by atoms with van der Waals surface area (Å²) in [7, 11) is 0. The minimum atomic E-state index is 0.0217. The molecule has 0 bridgehead atoms.